The molecule has 1 aliphatic rings. The van der Waals surface area contributed by atoms with Gasteiger partial charge in [0.05, 0.1) is 5.69 Å². The number of nitrogens with zero attached hydrogens (tertiary/aromatic N) is 1. The number of benzene rings is 4. The van der Waals surface area contributed by atoms with E-state index >= 15 is 0 Å². The lowest BCUT2D eigenvalue weighted by atomic mass is 10.1. The standard InChI is InChI=1S/C31H21BrClFN2O5/c32-22-5-1-19(2-6-22)17-40-26-12-10-25(11-13-26)36-30(38)27(29(37)35-31(36)39)16-21-15-23(33)7-14-28(21)41-18-20-3-8-24(34)9-4-20/h1-16H,17-18H2,(H,35,37,39)/b27-16+. The van der Waals surface area contributed by atoms with Gasteiger partial charge in [-0.3, -0.25) is 14.9 Å². The minimum Gasteiger partial charge on any atom is -0.489 e. The molecule has 0 saturated carbocycles. The maximum absolute atomic E-state index is 13.4. The van der Waals surface area contributed by atoms with Gasteiger partial charge in [0, 0.05) is 15.1 Å². The molecule has 0 atom stereocenters. The molecule has 0 unspecified atom stereocenters. The van der Waals surface area contributed by atoms with Gasteiger partial charge in [-0.05, 0) is 83.9 Å². The summed E-state index contributed by atoms with van der Waals surface area (Å²) in [5, 5.41) is 2.55. The van der Waals surface area contributed by atoms with E-state index in [4.69, 9.17) is 21.1 Å². The first-order valence-electron chi connectivity index (χ1n) is 12.3. The van der Waals surface area contributed by atoms with Gasteiger partial charge in [0.2, 0.25) is 0 Å². The number of hydrogen-bond acceptors (Lipinski definition) is 5. The number of ether oxygens (including phenoxy) is 2. The largest absolute Gasteiger partial charge is 0.489 e. The molecule has 1 heterocycles. The Morgan fingerprint density at radius 3 is 2.15 bits per heavy atom. The van der Waals surface area contributed by atoms with Crippen LogP contribution in [0.4, 0.5) is 14.9 Å². The molecular weight excluding hydrogens is 615 g/mol. The topological polar surface area (TPSA) is 84.9 Å². The van der Waals surface area contributed by atoms with E-state index in [1.165, 1.54) is 24.3 Å². The van der Waals surface area contributed by atoms with Crippen LogP contribution in [0.15, 0.2) is 101 Å². The number of urea groups is 1. The number of imide groups is 2. The Balaban J connectivity index is 1.35. The first-order valence-corrected chi connectivity index (χ1v) is 13.5. The Kier molecular flexibility index (Phi) is 8.47. The number of hydrogen-bond donors (Lipinski definition) is 1. The SMILES string of the molecule is O=C1NC(=O)N(c2ccc(OCc3ccc(Br)cc3)cc2)C(=O)/C1=C/c1cc(Cl)ccc1OCc1ccc(F)cc1. The highest BCUT2D eigenvalue weighted by Gasteiger charge is 2.37. The number of barbiturate groups is 1. The Bertz CT molecular complexity index is 1640. The number of amides is 4. The number of nitrogens with one attached hydrogen (secondary N) is 1. The third kappa shape index (κ3) is 6.82. The molecule has 0 aromatic heterocycles. The smallest absolute Gasteiger partial charge is 0.335 e. The van der Waals surface area contributed by atoms with E-state index in [9.17, 15) is 18.8 Å². The van der Waals surface area contributed by atoms with E-state index in [1.807, 2.05) is 24.3 Å². The van der Waals surface area contributed by atoms with E-state index in [2.05, 4.69) is 21.2 Å². The van der Waals surface area contributed by atoms with E-state index in [0.717, 1.165) is 14.9 Å². The van der Waals surface area contributed by atoms with Crippen LogP contribution in [0.3, 0.4) is 0 Å². The van der Waals surface area contributed by atoms with Crippen LogP contribution < -0.4 is 19.7 Å². The quantitative estimate of drug-likeness (QED) is 0.165. The summed E-state index contributed by atoms with van der Waals surface area (Å²) in [6.45, 7) is 0.446. The van der Waals surface area contributed by atoms with Crippen LogP contribution in [0.1, 0.15) is 16.7 Å². The fraction of sp³-hybridized carbons (Fsp3) is 0.0645. The molecule has 206 valence electrons. The Morgan fingerprint density at radius 2 is 1.46 bits per heavy atom. The molecule has 1 aliphatic heterocycles. The number of halogens is 3. The second-order valence-electron chi connectivity index (χ2n) is 8.96. The summed E-state index contributed by atoms with van der Waals surface area (Å²) in [4.78, 5) is 39.7. The van der Waals surface area contributed by atoms with Crippen LogP contribution in [-0.4, -0.2) is 17.8 Å². The van der Waals surface area contributed by atoms with Crippen molar-refractivity contribution >= 4 is 57.1 Å². The van der Waals surface area contributed by atoms with Crippen LogP contribution in [0, 0.1) is 5.82 Å². The van der Waals surface area contributed by atoms with Crippen molar-refractivity contribution < 1.29 is 28.2 Å². The molecule has 4 aromatic rings. The van der Waals surface area contributed by atoms with Crippen molar-refractivity contribution in [1.82, 2.24) is 5.32 Å². The Hall–Kier alpha value is -4.47. The minimum absolute atomic E-state index is 0.110. The monoisotopic (exact) mass is 634 g/mol. The van der Waals surface area contributed by atoms with Crippen molar-refractivity contribution in [1.29, 1.82) is 0 Å². The second kappa shape index (κ2) is 12.4. The first kappa shape index (κ1) is 28.1. The van der Waals surface area contributed by atoms with E-state index < -0.39 is 17.8 Å². The Labute approximate surface area is 248 Å². The zero-order chi connectivity index (χ0) is 28.9. The lowest BCUT2D eigenvalue weighted by molar-refractivity contribution is -0.122. The molecule has 4 aromatic carbocycles. The first-order chi connectivity index (χ1) is 19.8. The highest BCUT2D eigenvalue weighted by Crippen LogP contribution is 2.29. The summed E-state index contributed by atoms with van der Waals surface area (Å²) >= 11 is 9.58. The molecule has 1 fully saturated rings. The zero-order valence-corrected chi connectivity index (χ0v) is 23.6. The van der Waals surface area contributed by atoms with E-state index in [-0.39, 0.29) is 23.7 Å². The van der Waals surface area contributed by atoms with Gasteiger partial charge in [0.25, 0.3) is 11.8 Å². The van der Waals surface area contributed by atoms with E-state index in [1.54, 1.807) is 48.5 Å². The van der Waals surface area contributed by atoms with Crippen LogP contribution in [0.25, 0.3) is 6.08 Å². The summed E-state index contributed by atoms with van der Waals surface area (Å²) in [5.74, 6) is -1.16. The molecule has 0 bridgehead atoms. The van der Waals surface area contributed by atoms with Crippen LogP contribution in [0.2, 0.25) is 5.02 Å². The molecule has 4 amide bonds. The molecule has 0 spiro atoms. The molecule has 41 heavy (non-hydrogen) atoms. The number of carbonyl (C=O) groups excluding carboxylic acids is 3. The third-order valence-electron chi connectivity index (χ3n) is 6.09. The minimum atomic E-state index is -0.875. The molecule has 7 nitrogen and oxygen atoms in total. The summed E-state index contributed by atoms with van der Waals surface area (Å²) in [6.07, 6.45) is 1.32. The maximum atomic E-state index is 13.4. The van der Waals surface area contributed by atoms with Gasteiger partial charge in [-0.15, -0.1) is 0 Å². The van der Waals surface area contributed by atoms with Crippen molar-refractivity contribution in [2.45, 2.75) is 13.2 Å². The summed E-state index contributed by atoms with van der Waals surface area (Å²) < 4.78 is 25.9. The average molecular weight is 636 g/mol. The predicted octanol–water partition coefficient (Wildman–Crippen LogP) is 7.07. The number of carbonyl (C=O) groups is 3. The Morgan fingerprint density at radius 1 is 0.829 bits per heavy atom. The van der Waals surface area contributed by atoms with Crippen molar-refractivity contribution in [3.8, 4) is 11.5 Å². The van der Waals surface area contributed by atoms with Crippen LogP contribution in [-0.2, 0) is 22.8 Å². The van der Waals surface area contributed by atoms with Crippen LogP contribution >= 0.6 is 27.5 Å². The van der Waals surface area contributed by atoms with Gasteiger partial charge >= 0.3 is 6.03 Å². The van der Waals surface area contributed by atoms with Gasteiger partial charge in [-0.25, -0.2) is 14.1 Å². The van der Waals surface area contributed by atoms with Crippen molar-refractivity contribution in [3.05, 3.63) is 129 Å². The van der Waals surface area contributed by atoms with E-state index in [0.29, 0.717) is 34.3 Å². The lowest BCUT2D eigenvalue weighted by Gasteiger charge is -2.26. The second-order valence-corrected chi connectivity index (χ2v) is 10.3. The molecular formula is C31H21BrClFN2O5. The number of rotatable bonds is 8. The normalized spacial score (nSPS) is 14.3. The average Bonchev–Trinajstić information content (AvgIpc) is 2.96. The third-order valence-corrected chi connectivity index (χ3v) is 6.86. The fourth-order valence-corrected chi connectivity index (χ4v) is 4.44. The highest BCUT2D eigenvalue weighted by molar-refractivity contribution is 9.10. The van der Waals surface area contributed by atoms with Crippen molar-refractivity contribution in [2.24, 2.45) is 0 Å². The molecule has 10 heteroatoms. The van der Waals surface area contributed by atoms with Gasteiger partial charge < -0.3 is 9.47 Å². The van der Waals surface area contributed by atoms with Crippen molar-refractivity contribution in [2.75, 3.05) is 4.90 Å². The molecule has 1 saturated heterocycles. The fourth-order valence-electron chi connectivity index (χ4n) is 3.99. The molecule has 1 N–H and O–H groups in total. The zero-order valence-electron chi connectivity index (χ0n) is 21.3. The molecule has 0 radical (unpaired) electrons. The van der Waals surface area contributed by atoms with Gasteiger partial charge in [-0.2, -0.15) is 0 Å². The molecule has 0 aliphatic carbocycles. The lowest BCUT2D eigenvalue weighted by Crippen LogP contribution is -2.54. The summed E-state index contributed by atoms with van der Waals surface area (Å²) in [5.41, 5.74) is 2.00. The van der Waals surface area contributed by atoms with Gasteiger partial charge in [0.1, 0.15) is 36.1 Å². The van der Waals surface area contributed by atoms with Gasteiger partial charge in [0.15, 0.2) is 0 Å². The van der Waals surface area contributed by atoms with Gasteiger partial charge in [-0.1, -0.05) is 51.8 Å². The summed E-state index contributed by atoms with van der Waals surface area (Å²) in [6, 6.07) is 23.7. The molecule has 5 rings (SSSR count). The number of anilines is 1. The maximum Gasteiger partial charge on any atom is 0.335 e. The van der Waals surface area contributed by atoms with Crippen LogP contribution in [0.5, 0.6) is 11.5 Å². The predicted molar refractivity (Wildman–Crippen MR) is 156 cm³/mol. The van der Waals surface area contributed by atoms with Crippen molar-refractivity contribution in [3.63, 3.8) is 0 Å². The summed E-state index contributed by atoms with van der Waals surface area (Å²) in [7, 11) is 0. The highest BCUT2D eigenvalue weighted by atomic mass is 79.9.